The second-order valence-electron chi connectivity index (χ2n) is 4.03. The normalized spacial score (nSPS) is 11.4. The van der Waals surface area contributed by atoms with E-state index < -0.39 is 10.0 Å². The minimum Gasteiger partial charge on any atom is -0.383 e. The van der Waals surface area contributed by atoms with Gasteiger partial charge in [0.05, 0.1) is 12.2 Å². The van der Waals surface area contributed by atoms with Gasteiger partial charge in [0.2, 0.25) is 0 Å². The van der Waals surface area contributed by atoms with E-state index in [1.165, 1.54) is 17.5 Å². The molecule has 0 saturated carbocycles. The Morgan fingerprint density at radius 2 is 2.15 bits per heavy atom. The van der Waals surface area contributed by atoms with E-state index in [4.69, 9.17) is 0 Å². The average molecular weight is 312 g/mol. The Labute approximate surface area is 122 Å². The minimum absolute atomic E-state index is 0.0185. The molecule has 0 aliphatic heterocycles. The predicted molar refractivity (Wildman–Crippen MR) is 79.2 cm³/mol. The van der Waals surface area contributed by atoms with Crippen LogP contribution in [0.15, 0.2) is 34.9 Å². The van der Waals surface area contributed by atoms with Crippen LogP contribution in [0.4, 0.5) is 5.69 Å². The quantitative estimate of drug-likeness (QED) is 0.815. The monoisotopic (exact) mass is 312 g/mol. The number of thiazole rings is 1. The molecule has 2 rings (SSSR count). The Hall–Kier alpha value is -1.51. The first kappa shape index (κ1) is 14.9. The first-order valence-corrected chi connectivity index (χ1v) is 8.56. The van der Waals surface area contributed by atoms with Crippen molar-refractivity contribution in [3.05, 3.63) is 34.9 Å². The van der Waals surface area contributed by atoms with Gasteiger partial charge in [-0.1, -0.05) is 6.92 Å². The van der Waals surface area contributed by atoms with Gasteiger partial charge in [0.1, 0.15) is 5.01 Å². The molecule has 2 aromatic heterocycles. The fraction of sp³-hybridized carbons (Fsp3) is 0.333. The van der Waals surface area contributed by atoms with E-state index in [-0.39, 0.29) is 11.6 Å². The number of rotatable bonds is 7. The van der Waals surface area contributed by atoms with Crippen molar-refractivity contribution in [2.24, 2.45) is 0 Å². The highest BCUT2D eigenvalue weighted by Gasteiger charge is 2.19. The lowest BCUT2D eigenvalue weighted by Crippen LogP contribution is -2.25. The van der Waals surface area contributed by atoms with E-state index in [0.717, 1.165) is 6.42 Å². The first-order valence-electron chi connectivity index (χ1n) is 6.20. The van der Waals surface area contributed by atoms with Crippen LogP contribution in [0, 0.1) is 0 Å². The van der Waals surface area contributed by atoms with Crippen LogP contribution < -0.4 is 10.0 Å². The molecule has 6 nitrogen and oxygen atoms in total. The Kier molecular flexibility index (Phi) is 5.05. The summed E-state index contributed by atoms with van der Waals surface area (Å²) in [6.07, 6.45) is 4.01. The van der Waals surface area contributed by atoms with E-state index in [1.54, 1.807) is 23.7 Å². The molecule has 0 fully saturated rings. The molecule has 0 aromatic carbocycles. The number of nitrogens with one attached hydrogen (secondary N) is 2. The predicted octanol–water partition coefficient (Wildman–Crippen LogP) is 1.84. The third-order valence-electron chi connectivity index (χ3n) is 2.49. The van der Waals surface area contributed by atoms with Gasteiger partial charge in [-0.25, -0.2) is 23.1 Å². The zero-order valence-electron chi connectivity index (χ0n) is 11.0. The van der Waals surface area contributed by atoms with Gasteiger partial charge < -0.3 is 5.32 Å². The van der Waals surface area contributed by atoms with Crippen molar-refractivity contribution in [3.63, 3.8) is 0 Å². The van der Waals surface area contributed by atoms with Crippen LogP contribution >= 0.6 is 11.3 Å². The lowest BCUT2D eigenvalue weighted by Gasteiger charge is -2.11. The molecule has 0 amide bonds. The molecule has 2 N–H and O–H groups in total. The Morgan fingerprint density at radius 3 is 2.85 bits per heavy atom. The summed E-state index contributed by atoms with van der Waals surface area (Å²) in [6.45, 7) is 2.88. The van der Waals surface area contributed by atoms with Crippen molar-refractivity contribution in [2.45, 2.75) is 24.9 Å². The van der Waals surface area contributed by atoms with E-state index >= 15 is 0 Å². The number of sulfonamides is 1. The molecule has 0 radical (unpaired) electrons. The molecular weight excluding hydrogens is 296 g/mol. The fourth-order valence-electron chi connectivity index (χ4n) is 1.56. The summed E-state index contributed by atoms with van der Waals surface area (Å²) >= 11 is 1.40. The fourth-order valence-corrected chi connectivity index (χ4v) is 3.30. The van der Waals surface area contributed by atoms with Crippen LogP contribution in [0.25, 0.3) is 0 Å². The molecule has 0 aliphatic rings. The van der Waals surface area contributed by atoms with Crippen molar-refractivity contribution < 1.29 is 8.42 Å². The standard InChI is InChI=1S/C12H16N4O2S2/c1-2-5-13-10-4-3-6-15-12(10)20(17,18)16-9-11-14-7-8-19-11/h3-4,6-8,13,16H,2,5,9H2,1H3. The van der Waals surface area contributed by atoms with Crippen LogP contribution in [0.1, 0.15) is 18.4 Å². The molecule has 0 spiro atoms. The molecule has 108 valence electrons. The number of hydrogen-bond acceptors (Lipinski definition) is 6. The van der Waals surface area contributed by atoms with Crippen molar-refractivity contribution in [1.82, 2.24) is 14.7 Å². The maximum Gasteiger partial charge on any atom is 0.260 e. The second-order valence-corrected chi connectivity index (χ2v) is 6.69. The zero-order chi connectivity index (χ0) is 14.4. The molecule has 0 aliphatic carbocycles. The van der Waals surface area contributed by atoms with Crippen LogP contribution in [0.5, 0.6) is 0 Å². The molecule has 8 heteroatoms. The molecule has 0 saturated heterocycles. The maximum absolute atomic E-state index is 12.3. The van der Waals surface area contributed by atoms with Crippen LogP contribution in [0.3, 0.4) is 0 Å². The van der Waals surface area contributed by atoms with Crippen LogP contribution in [0.2, 0.25) is 0 Å². The maximum atomic E-state index is 12.3. The van der Waals surface area contributed by atoms with Gasteiger partial charge >= 0.3 is 0 Å². The van der Waals surface area contributed by atoms with Crippen LogP contribution in [-0.4, -0.2) is 24.9 Å². The highest BCUT2D eigenvalue weighted by Crippen LogP contribution is 2.18. The van der Waals surface area contributed by atoms with Gasteiger partial charge in [-0.3, -0.25) is 0 Å². The van der Waals surface area contributed by atoms with Gasteiger partial charge in [0, 0.05) is 24.3 Å². The largest absolute Gasteiger partial charge is 0.383 e. The van der Waals surface area contributed by atoms with Crippen molar-refractivity contribution in [3.8, 4) is 0 Å². The van der Waals surface area contributed by atoms with E-state index in [2.05, 4.69) is 20.0 Å². The zero-order valence-corrected chi connectivity index (χ0v) is 12.7. The topological polar surface area (TPSA) is 84.0 Å². The third-order valence-corrected chi connectivity index (χ3v) is 4.63. The second kappa shape index (κ2) is 6.78. The van der Waals surface area contributed by atoms with Gasteiger partial charge in [0.15, 0.2) is 5.03 Å². The van der Waals surface area contributed by atoms with Crippen molar-refractivity contribution in [2.75, 3.05) is 11.9 Å². The number of nitrogens with zero attached hydrogens (tertiary/aromatic N) is 2. The summed E-state index contributed by atoms with van der Waals surface area (Å²) in [5.74, 6) is 0. The molecule has 2 aromatic rings. The van der Waals surface area contributed by atoms with Crippen LogP contribution in [-0.2, 0) is 16.6 Å². The van der Waals surface area contributed by atoms with E-state index in [1.807, 2.05) is 6.92 Å². The van der Waals surface area contributed by atoms with Gasteiger partial charge in [-0.2, -0.15) is 0 Å². The lowest BCUT2D eigenvalue weighted by atomic mass is 10.4. The van der Waals surface area contributed by atoms with Gasteiger partial charge in [-0.15, -0.1) is 11.3 Å². The Bertz CT molecular complexity index is 641. The highest BCUT2D eigenvalue weighted by molar-refractivity contribution is 7.89. The van der Waals surface area contributed by atoms with Gasteiger partial charge in [0.25, 0.3) is 10.0 Å². The van der Waals surface area contributed by atoms with E-state index in [0.29, 0.717) is 17.2 Å². The SMILES string of the molecule is CCCNc1cccnc1S(=O)(=O)NCc1nccs1. The lowest BCUT2D eigenvalue weighted by molar-refractivity contribution is 0.577. The molecule has 0 bridgehead atoms. The first-order chi connectivity index (χ1) is 9.63. The summed E-state index contributed by atoms with van der Waals surface area (Å²) in [4.78, 5) is 8.01. The number of hydrogen-bond donors (Lipinski definition) is 2. The summed E-state index contributed by atoms with van der Waals surface area (Å²) in [6, 6.07) is 3.42. The summed E-state index contributed by atoms with van der Waals surface area (Å²) < 4.78 is 27.1. The van der Waals surface area contributed by atoms with Crippen molar-refractivity contribution in [1.29, 1.82) is 0 Å². The summed E-state index contributed by atoms with van der Waals surface area (Å²) in [5.41, 5.74) is 0.515. The summed E-state index contributed by atoms with van der Waals surface area (Å²) in [7, 11) is -3.65. The Balaban J connectivity index is 2.16. The number of anilines is 1. The number of pyridine rings is 1. The van der Waals surface area contributed by atoms with Crippen molar-refractivity contribution >= 4 is 27.0 Å². The number of aromatic nitrogens is 2. The van der Waals surface area contributed by atoms with E-state index in [9.17, 15) is 8.42 Å². The third kappa shape index (κ3) is 3.75. The average Bonchev–Trinajstić information content (AvgIpc) is 2.97. The smallest absolute Gasteiger partial charge is 0.260 e. The Morgan fingerprint density at radius 1 is 1.30 bits per heavy atom. The summed E-state index contributed by atoms with van der Waals surface area (Å²) in [5, 5.41) is 5.61. The molecule has 0 atom stereocenters. The molecule has 20 heavy (non-hydrogen) atoms. The highest BCUT2D eigenvalue weighted by atomic mass is 32.2. The van der Waals surface area contributed by atoms with Gasteiger partial charge in [-0.05, 0) is 18.6 Å². The molecule has 0 unspecified atom stereocenters. The molecular formula is C12H16N4O2S2. The molecule has 2 heterocycles. The minimum atomic E-state index is -3.65.